The largest absolute Gasteiger partial charge is 0.504 e. The van der Waals surface area contributed by atoms with Crippen LogP contribution in [0, 0.1) is 0 Å². The smallest absolute Gasteiger partial charge is 0.201 e. The van der Waals surface area contributed by atoms with Crippen molar-refractivity contribution in [3.63, 3.8) is 0 Å². The second-order valence-corrected chi connectivity index (χ2v) is 6.08. The molecule has 3 aromatic carbocycles. The molecule has 160 valence electrons. The fourth-order valence-electron chi connectivity index (χ4n) is 3.00. The summed E-state index contributed by atoms with van der Waals surface area (Å²) in [4.78, 5) is 13.1. The Hall–Kier alpha value is -3.79. The molecule has 1 heterocycles. The zero-order chi connectivity index (χ0) is 22.8. The third kappa shape index (κ3) is 5.23. The summed E-state index contributed by atoms with van der Waals surface area (Å²) in [5.74, 6) is -0.0498. The minimum absolute atomic E-state index is 0.122. The molecule has 2 N–H and O–H groups in total. The Morgan fingerprint density at radius 2 is 1.39 bits per heavy atom. The summed E-state index contributed by atoms with van der Waals surface area (Å²) in [6.07, 6.45) is 3.24. The molecule has 0 radical (unpaired) electrons. The fourth-order valence-corrected chi connectivity index (χ4v) is 3.00. The lowest BCUT2D eigenvalue weighted by Crippen LogP contribution is -2.07. The van der Waals surface area contributed by atoms with Crippen LogP contribution < -0.4 is 5.43 Å². The normalized spacial score (nSPS) is 10.2. The lowest BCUT2D eigenvalue weighted by atomic mass is 10.0. The molecule has 0 aliphatic heterocycles. The fraction of sp³-hybridized carbons (Fsp3) is 0.148. The summed E-state index contributed by atoms with van der Waals surface area (Å²) < 4.78 is 5.99. The Balaban J connectivity index is 0.000000807. The first-order chi connectivity index (χ1) is 15.1. The number of aromatic hydroxyl groups is 2. The quantitative estimate of drug-likeness (QED) is 0.350. The van der Waals surface area contributed by atoms with E-state index in [1.165, 1.54) is 6.07 Å². The number of para-hydroxylation sites is 2. The molecule has 0 spiro atoms. The third-order valence-corrected chi connectivity index (χ3v) is 4.35. The van der Waals surface area contributed by atoms with Crippen molar-refractivity contribution in [2.45, 2.75) is 27.7 Å². The summed E-state index contributed by atoms with van der Waals surface area (Å²) >= 11 is 0. The summed E-state index contributed by atoms with van der Waals surface area (Å²) in [5, 5.41) is 20.2. The highest BCUT2D eigenvalue weighted by atomic mass is 16.3. The molecule has 0 bridgehead atoms. The van der Waals surface area contributed by atoms with Gasteiger partial charge in [0.1, 0.15) is 11.3 Å². The van der Waals surface area contributed by atoms with Gasteiger partial charge in [-0.2, -0.15) is 0 Å². The monoisotopic (exact) mass is 416 g/mol. The van der Waals surface area contributed by atoms with Crippen molar-refractivity contribution in [1.82, 2.24) is 0 Å². The van der Waals surface area contributed by atoms with Crippen LogP contribution in [0.3, 0.4) is 0 Å². The number of hydrogen-bond acceptors (Lipinski definition) is 4. The van der Waals surface area contributed by atoms with E-state index >= 15 is 0 Å². The van der Waals surface area contributed by atoms with Gasteiger partial charge in [-0.05, 0) is 35.9 Å². The van der Waals surface area contributed by atoms with E-state index in [4.69, 9.17) is 4.42 Å². The maximum absolute atomic E-state index is 13.1. The SMILES string of the molecule is CC.CC.O=c1c(-c2ccccc2)c(/C=C/c2cccc(O)c2O)oc2ccccc12. The van der Waals surface area contributed by atoms with Gasteiger partial charge in [-0.3, -0.25) is 4.79 Å². The van der Waals surface area contributed by atoms with Crippen LogP contribution >= 0.6 is 0 Å². The Morgan fingerprint density at radius 1 is 0.742 bits per heavy atom. The first kappa shape index (κ1) is 23.5. The number of phenols is 2. The molecule has 4 heteroatoms. The molecule has 0 aliphatic rings. The Labute approximate surface area is 182 Å². The van der Waals surface area contributed by atoms with Gasteiger partial charge in [-0.15, -0.1) is 0 Å². The summed E-state index contributed by atoms with van der Waals surface area (Å²) in [6, 6.07) is 21.1. The molecule has 0 atom stereocenters. The van der Waals surface area contributed by atoms with Crippen molar-refractivity contribution in [3.8, 4) is 22.6 Å². The van der Waals surface area contributed by atoms with E-state index in [1.807, 2.05) is 64.1 Å². The van der Waals surface area contributed by atoms with Gasteiger partial charge in [0, 0.05) is 5.56 Å². The maximum Gasteiger partial charge on any atom is 0.201 e. The van der Waals surface area contributed by atoms with Crippen molar-refractivity contribution in [2.75, 3.05) is 0 Å². The minimum atomic E-state index is -0.224. The highest BCUT2D eigenvalue weighted by Gasteiger charge is 2.14. The zero-order valence-electron chi connectivity index (χ0n) is 18.3. The predicted octanol–water partition coefficient (Wildman–Crippen LogP) is 7.09. The van der Waals surface area contributed by atoms with Gasteiger partial charge in [0.25, 0.3) is 0 Å². The highest BCUT2D eigenvalue weighted by molar-refractivity contribution is 5.87. The van der Waals surface area contributed by atoms with Gasteiger partial charge in [-0.25, -0.2) is 0 Å². The average Bonchev–Trinajstić information content (AvgIpc) is 2.83. The van der Waals surface area contributed by atoms with Crippen molar-refractivity contribution >= 4 is 23.1 Å². The van der Waals surface area contributed by atoms with E-state index in [2.05, 4.69) is 0 Å². The highest BCUT2D eigenvalue weighted by Crippen LogP contribution is 2.31. The van der Waals surface area contributed by atoms with Crippen LogP contribution in [0.4, 0.5) is 0 Å². The van der Waals surface area contributed by atoms with Crippen molar-refractivity contribution < 1.29 is 14.6 Å². The molecule has 0 fully saturated rings. The van der Waals surface area contributed by atoms with Crippen LogP contribution in [-0.2, 0) is 0 Å². The molecule has 31 heavy (non-hydrogen) atoms. The number of fused-ring (bicyclic) bond motifs is 1. The van der Waals surface area contributed by atoms with Crippen LogP contribution in [0.25, 0.3) is 34.2 Å². The number of hydrogen-bond donors (Lipinski definition) is 2. The maximum atomic E-state index is 13.1. The number of benzene rings is 3. The van der Waals surface area contributed by atoms with E-state index in [-0.39, 0.29) is 16.9 Å². The predicted molar refractivity (Wildman–Crippen MR) is 129 cm³/mol. The number of phenolic OH excluding ortho intramolecular Hbond substituents is 2. The van der Waals surface area contributed by atoms with Gasteiger partial charge in [0.15, 0.2) is 11.5 Å². The Bertz CT molecular complexity index is 1210. The van der Waals surface area contributed by atoms with Crippen molar-refractivity contribution in [3.05, 3.63) is 94.3 Å². The van der Waals surface area contributed by atoms with E-state index in [1.54, 1.807) is 42.5 Å². The molecular weight excluding hydrogens is 388 g/mol. The van der Waals surface area contributed by atoms with E-state index < -0.39 is 0 Å². The molecule has 0 aliphatic carbocycles. The zero-order valence-corrected chi connectivity index (χ0v) is 18.3. The summed E-state index contributed by atoms with van der Waals surface area (Å²) in [5.41, 5.74) is 1.98. The molecule has 0 saturated heterocycles. The van der Waals surface area contributed by atoms with Gasteiger partial charge in [-0.1, -0.05) is 82.3 Å². The standard InChI is InChI=1S/C23H16O4.2C2H6/c24-18-11-6-9-16(22(18)25)13-14-20-21(15-7-2-1-3-8-15)23(26)17-10-4-5-12-19(17)27-20;2*1-2/h1-14,24-25H;2*1-2H3/b14-13+;;. The lowest BCUT2D eigenvalue weighted by Gasteiger charge is -2.08. The van der Waals surface area contributed by atoms with E-state index in [0.29, 0.717) is 27.9 Å². The van der Waals surface area contributed by atoms with E-state index in [0.717, 1.165) is 5.56 Å². The van der Waals surface area contributed by atoms with Crippen LogP contribution in [0.15, 0.2) is 82.0 Å². The topological polar surface area (TPSA) is 70.7 Å². The first-order valence-electron chi connectivity index (χ1n) is 10.5. The molecule has 0 amide bonds. The van der Waals surface area contributed by atoms with Gasteiger partial charge in [0.2, 0.25) is 5.43 Å². The molecule has 0 unspecified atom stereocenters. The molecular formula is C27H28O4. The summed E-state index contributed by atoms with van der Waals surface area (Å²) in [6.45, 7) is 8.00. The molecule has 1 aromatic heterocycles. The van der Waals surface area contributed by atoms with Crippen LogP contribution in [-0.4, -0.2) is 10.2 Å². The van der Waals surface area contributed by atoms with Gasteiger partial charge in [0.05, 0.1) is 10.9 Å². The van der Waals surface area contributed by atoms with Crippen LogP contribution in [0.2, 0.25) is 0 Å². The van der Waals surface area contributed by atoms with Crippen molar-refractivity contribution in [2.24, 2.45) is 0 Å². The van der Waals surface area contributed by atoms with Crippen LogP contribution in [0.5, 0.6) is 11.5 Å². The molecule has 4 aromatic rings. The Kier molecular flexibility index (Phi) is 8.64. The van der Waals surface area contributed by atoms with Crippen LogP contribution in [0.1, 0.15) is 39.0 Å². The Morgan fingerprint density at radius 3 is 2.10 bits per heavy atom. The second-order valence-electron chi connectivity index (χ2n) is 6.08. The van der Waals surface area contributed by atoms with Crippen molar-refractivity contribution in [1.29, 1.82) is 0 Å². The minimum Gasteiger partial charge on any atom is -0.504 e. The molecule has 4 nitrogen and oxygen atoms in total. The average molecular weight is 417 g/mol. The number of rotatable bonds is 3. The van der Waals surface area contributed by atoms with Gasteiger partial charge >= 0.3 is 0 Å². The summed E-state index contributed by atoms with van der Waals surface area (Å²) in [7, 11) is 0. The molecule has 4 rings (SSSR count). The third-order valence-electron chi connectivity index (χ3n) is 4.35. The molecule has 0 saturated carbocycles. The lowest BCUT2D eigenvalue weighted by molar-refractivity contribution is 0.403. The van der Waals surface area contributed by atoms with Gasteiger partial charge < -0.3 is 14.6 Å². The second kappa shape index (κ2) is 11.4. The first-order valence-corrected chi connectivity index (χ1v) is 10.5. The van der Waals surface area contributed by atoms with E-state index in [9.17, 15) is 15.0 Å².